The summed E-state index contributed by atoms with van der Waals surface area (Å²) in [6.45, 7) is 7.94. The van der Waals surface area contributed by atoms with Gasteiger partial charge in [0.2, 0.25) is 0 Å². The van der Waals surface area contributed by atoms with Gasteiger partial charge in [-0.2, -0.15) is 0 Å². The third-order valence-corrected chi connectivity index (χ3v) is 3.90. The van der Waals surface area contributed by atoms with Crippen LogP contribution >= 0.6 is 11.8 Å². The van der Waals surface area contributed by atoms with E-state index in [9.17, 15) is 0 Å². The highest BCUT2D eigenvalue weighted by atomic mass is 32.2. The third-order valence-electron chi connectivity index (χ3n) is 2.97. The number of aryl methyl sites for hydroxylation is 1. The average Bonchev–Trinajstić information content (AvgIpc) is 2.78. The van der Waals surface area contributed by atoms with Gasteiger partial charge in [-0.15, -0.1) is 16.8 Å². The molecular formula is C13H21N3O2S. The average molecular weight is 283 g/mol. The van der Waals surface area contributed by atoms with Crippen LogP contribution < -0.4 is 0 Å². The minimum Gasteiger partial charge on any atom is -0.353 e. The molecular weight excluding hydrogens is 262 g/mol. The highest BCUT2D eigenvalue weighted by Crippen LogP contribution is 2.18. The Morgan fingerprint density at radius 1 is 1.53 bits per heavy atom. The van der Waals surface area contributed by atoms with Crippen molar-refractivity contribution >= 4 is 11.8 Å². The van der Waals surface area contributed by atoms with E-state index >= 15 is 0 Å². The van der Waals surface area contributed by atoms with Gasteiger partial charge in [-0.25, -0.2) is 0 Å². The van der Waals surface area contributed by atoms with Gasteiger partial charge >= 0.3 is 0 Å². The molecule has 0 N–H and O–H groups in total. The van der Waals surface area contributed by atoms with Crippen LogP contribution in [0, 0.1) is 6.92 Å². The standard InChI is InChI=1S/C13H21N3O2S/c1-3-7-16-11(2)14-15-13(16)19-10-9-18-12-6-4-5-8-17-12/h3,12H,1,4-10H2,2H3. The summed E-state index contributed by atoms with van der Waals surface area (Å²) >= 11 is 1.66. The number of hydrogen-bond donors (Lipinski definition) is 0. The molecule has 2 rings (SSSR count). The Kier molecular flexibility index (Phi) is 5.88. The lowest BCUT2D eigenvalue weighted by molar-refractivity contribution is -0.158. The molecule has 0 saturated carbocycles. The molecule has 0 bridgehead atoms. The SMILES string of the molecule is C=CCn1c(C)nnc1SCCOC1CCCCO1. The Morgan fingerprint density at radius 3 is 3.16 bits per heavy atom. The Labute approximate surface area is 118 Å². The highest BCUT2D eigenvalue weighted by molar-refractivity contribution is 7.99. The van der Waals surface area contributed by atoms with E-state index in [-0.39, 0.29) is 6.29 Å². The Balaban J connectivity index is 1.71. The van der Waals surface area contributed by atoms with Crippen molar-refractivity contribution < 1.29 is 9.47 Å². The predicted molar refractivity (Wildman–Crippen MR) is 75.2 cm³/mol. The van der Waals surface area contributed by atoms with Crippen molar-refractivity contribution in [2.24, 2.45) is 0 Å². The molecule has 1 fully saturated rings. The van der Waals surface area contributed by atoms with Crippen LogP contribution in [0.4, 0.5) is 0 Å². The molecule has 0 aliphatic carbocycles. The van der Waals surface area contributed by atoms with E-state index in [0.29, 0.717) is 6.61 Å². The second-order valence-electron chi connectivity index (χ2n) is 4.44. The Morgan fingerprint density at radius 2 is 2.42 bits per heavy atom. The first-order valence-corrected chi connectivity index (χ1v) is 7.66. The zero-order valence-corrected chi connectivity index (χ0v) is 12.2. The normalized spacial score (nSPS) is 19.5. The lowest BCUT2D eigenvalue weighted by Gasteiger charge is -2.22. The van der Waals surface area contributed by atoms with E-state index in [4.69, 9.17) is 9.47 Å². The van der Waals surface area contributed by atoms with Crippen molar-refractivity contribution in [3.63, 3.8) is 0 Å². The molecule has 1 aromatic heterocycles. The zero-order valence-electron chi connectivity index (χ0n) is 11.4. The number of allylic oxidation sites excluding steroid dienone is 1. The molecule has 1 saturated heterocycles. The fourth-order valence-corrected chi connectivity index (χ4v) is 2.79. The predicted octanol–water partition coefficient (Wildman–Crippen LogP) is 2.41. The number of nitrogens with zero attached hydrogens (tertiary/aromatic N) is 3. The molecule has 0 amide bonds. The Hall–Kier alpha value is -0.850. The van der Waals surface area contributed by atoms with Crippen molar-refractivity contribution in [3.8, 4) is 0 Å². The minimum atomic E-state index is -0.0119. The van der Waals surface area contributed by atoms with Crippen molar-refractivity contribution in [2.45, 2.75) is 44.2 Å². The number of thioether (sulfide) groups is 1. The number of hydrogen-bond acceptors (Lipinski definition) is 5. The van der Waals surface area contributed by atoms with Crippen LogP contribution in [0.2, 0.25) is 0 Å². The largest absolute Gasteiger partial charge is 0.353 e. The maximum absolute atomic E-state index is 5.69. The van der Waals surface area contributed by atoms with Gasteiger partial charge in [0, 0.05) is 18.9 Å². The molecule has 2 heterocycles. The summed E-state index contributed by atoms with van der Waals surface area (Å²) in [5.74, 6) is 1.77. The van der Waals surface area contributed by atoms with E-state index < -0.39 is 0 Å². The zero-order chi connectivity index (χ0) is 13.5. The molecule has 1 unspecified atom stereocenters. The number of rotatable bonds is 7. The molecule has 6 heteroatoms. The van der Waals surface area contributed by atoms with Crippen molar-refractivity contribution in [2.75, 3.05) is 19.0 Å². The number of aromatic nitrogens is 3. The van der Waals surface area contributed by atoms with E-state index in [1.54, 1.807) is 11.8 Å². The fraction of sp³-hybridized carbons (Fsp3) is 0.692. The Bertz CT molecular complexity index is 403. The van der Waals surface area contributed by atoms with Gasteiger partial charge in [0.1, 0.15) is 5.82 Å². The van der Waals surface area contributed by atoms with Crippen LogP contribution in [-0.2, 0) is 16.0 Å². The van der Waals surface area contributed by atoms with Crippen molar-refractivity contribution in [1.82, 2.24) is 14.8 Å². The molecule has 1 aliphatic heterocycles. The molecule has 5 nitrogen and oxygen atoms in total. The quantitative estimate of drug-likeness (QED) is 0.437. The molecule has 106 valence electrons. The first kappa shape index (κ1) is 14.6. The highest BCUT2D eigenvalue weighted by Gasteiger charge is 2.14. The van der Waals surface area contributed by atoms with Crippen LogP contribution in [0.5, 0.6) is 0 Å². The van der Waals surface area contributed by atoms with Gasteiger partial charge in [0.05, 0.1) is 6.61 Å². The first-order chi connectivity index (χ1) is 9.31. The molecule has 1 aromatic rings. The van der Waals surface area contributed by atoms with Gasteiger partial charge in [-0.1, -0.05) is 17.8 Å². The molecule has 0 aromatic carbocycles. The summed E-state index contributed by atoms with van der Waals surface area (Å²) in [7, 11) is 0. The summed E-state index contributed by atoms with van der Waals surface area (Å²) in [5.41, 5.74) is 0. The smallest absolute Gasteiger partial charge is 0.191 e. The van der Waals surface area contributed by atoms with Crippen LogP contribution in [0.1, 0.15) is 25.1 Å². The van der Waals surface area contributed by atoms with Gasteiger partial charge in [-0.3, -0.25) is 0 Å². The maximum atomic E-state index is 5.69. The summed E-state index contributed by atoms with van der Waals surface area (Å²) in [5, 5.41) is 9.16. The monoisotopic (exact) mass is 283 g/mol. The van der Waals surface area contributed by atoms with Gasteiger partial charge in [-0.05, 0) is 26.2 Å². The minimum absolute atomic E-state index is 0.0119. The molecule has 0 radical (unpaired) electrons. The lowest BCUT2D eigenvalue weighted by Crippen LogP contribution is -2.23. The van der Waals surface area contributed by atoms with Crippen LogP contribution in [-0.4, -0.2) is 40.0 Å². The van der Waals surface area contributed by atoms with Crippen molar-refractivity contribution in [3.05, 3.63) is 18.5 Å². The van der Waals surface area contributed by atoms with Gasteiger partial charge < -0.3 is 14.0 Å². The summed E-state index contributed by atoms with van der Waals surface area (Å²) in [6, 6.07) is 0. The van der Waals surface area contributed by atoms with E-state index in [1.165, 1.54) is 6.42 Å². The molecule has 19 heavy (non-hydrogen) atoms. The number of ether oxygens (including phenoxy) is 2. The fourth-order valence-electron chi connectivity index (χ4n) is 1.96. The van der Waals surface area contributed by atoms with Crippen LogP contribution in [0.25, 0.3) is 0 Å². The van der Waals surface area contributed by atoms with Gasteiger partial charge in [0.25, 0.3) is 0 Å². The molecule has 0 spiro atoms. The van der Waals surface area contributed by atoms with E-state index in [0.717, 1.165) is 42.7 Å². The second-order valence-corrected chi connectivity index (χ2v) is 5.51. The van der Waals surface area contributed by atoms with Crippen molar-refractivity contribution in [1.29, 1.82) is 0 Å². The summed E-state index contributed by atoms with van der Waals surface area (Å²) in [6.07, 6.45) is 5.20. The summed E-state index contributed by atoms with van der Waals surface area (Å²) < 4.78 is 13.3. The summed E-state index contributed by atoms with van der Waals surface area (Å²) in [4.78, 5) is 0. The van der Waals surface area contributed by atoms with E-state index in [1.807, 2.05) is 13.0 Å². The van der Waals surface area contributed by atoms with Crippen LogP contribution in [0.15, 0.2) is 17.8 Å². The first-order valence-electron chi connectivity index (χ1n) is 6.68. The third kappa shape index (κ3) is 4.33. The van der Waals surface area contributed by atoms with E-state index in [2.05, 4.69) is 21.3 Å². The van der Waals surface area contributed by atoms with Crippen LogP contribution in [0.3, 0.4) is 0 Å². The lowest BCUT2D eigenvalue weighted by atomic mass is 10.2. The topological polar surface area (TPSA) is 49.2 Å². The molecule has 1 aliphatic rings. The maximum Gasteiger partial charge on any atom is 0.191 e. The second kappa shape index (κ2) is 7.67. The van der Waals surface area contributed by atoms with Gasteiger partial charge in [0.15, 0.2) is 11.4 Å². The molecule has 1 atom stereocenters.